The van der Waals surface area contributed by atoms with Crippen LogP contribution in [0.2, 0.25) is 0 Å². The first kappa shape index (κ1) is 26.1. The first-order chi connectivity index (χ1) is 23.3. The van der Waals surface area contributed by atoms with Gasteiger partial charge in [-0.25, -0.2) is 9.98 Å². The average Bonchev–Trinajstić information content (AvgIpc) is 3.87. The zero-order chi connectivity index (χ0) is 30.9. The number of para-hydroxylation sites is 2. The highest BCUT2D eigenvalue weighted by atomic mass is 16.5. The molecule has 0 aliphatic carbocycles. The Morgan fingerprint density at radius 1 is 0.617 bits per heavy atom. The fraction of sp³-hybridized carbons (Fsp3) is 0.0476. The van der Waals surface area contributed by atoms with Crippen LogP contribution in [-0.2, 0) is 4.74 Å². The first-order valence-corrected chi connectivity index (χ1v) is 16.0. The number of hydrogen-bond donors (Lipinski definition) is 0. The molecule has 1 atom stereocenters. The lowest BCUT2D eigenvalue weighted by Crippen LogP contribution is -2.27. The highest BCUT2D eigenvalue weighted by molar-refractivity contribution is 6.25. The van der Waals surface area contributed by atoms with Crippen LogP contribution in [-0.4, -0.2) is 33.5 Å². The Morgan fingerprint density at radius 2 is 1.40 bits per heavy atom. The predicted molar refractivity (Wildman–Crippen MR) is 193 cm³/mol. The van der Waals surface area contributed by atoms with E-state index in [1.807, 2.05) is 6.26 Å². The molecule has 0 amide bonds. The first-order valence-electron chi connectivity index (χ1n) is 16.0. The molecule has 2 aliphatic rings. The van der Waals surface area contributed by atoms with Crippen molar-refractivity contribution in [1.29, 1.82) is 0 Å². The van der Waals surface area contributed by atoms with E-state index in [9.17, 15) is 0 Å². The molecule has 0 bridgehead atoms. The monoisotopic (exact) mass is 604 g/mol. The maximum Gasteiger partial charge on any atom is 0.231 e. The number of fused-ring (bicyclic) bond motifs is 7. The molecule has 5 nitrogen and oxygen atoms in total. The van der Waals surface area contributed by atoms with E-state index >= 15 is 0 Å². The molecule has 0 fully saturated rings. The molecule has 4 heterocycles. The number of aromatic nitrogens is 2. The van der Waals surface area contributed by atoms with Crippen molar-refractivity contribution in [3.63, 3.8) is 0 Å². The van der Waals surface area contributed by atoms with E-state index in [0.717, 1.165) is 50.0 Å². The molecular weight excluding hydrogens is 576 g/mol. The van der Waals surface area contributed by atoms with Gasteiger partial charge in [0, 0.05) is 39.2 Å². The molecule has 47 heavy (non-hydrogen) atoms. The van der Waals surface area contributed by atoms with Crippen LogP contribution in [0, 0.1) is 0 Å². The van der Waals surface area contributed by atoms with Gasteiger partial charge in [0.05, 0.1) is 28.5 Å². The van der Waals surface area contributed by atoms with Gasteiger partial charge in [-0.05, 0) is 58.3 Å². The summed E-state index contributed by atoms with van der Waals surface area (Å²) >= 11 is 0. The Bertz CT molecular complexity index is 2630. The van der Waals surface area contributed by atoms with Crippen LogP contribution >= 0.6 is 0 Å². The topological polar surface area (TPSA) is 43.8 Å². The van der Waals surface area contributed by atoms with Crippen LogP contribution in [0.15, 0.2) is 168 Å². The Hall–Kier alpha value is -6.20. The molecule has 0 radical (unpaired) electrons. The lowest BCUT2D eigenvalue weighted by Gasteiger charge is -2.20. The minimum Gasteiger partial charge on any atom is -0.498 e. The molecule has 1 unspecified atom stereocenters. The van der Waals surface area contributed by atoms with Crippen LogP contribution in [0.3, 0.4) is 0 Å². The maximum absolute atomic E-state index is 5.92. The highest BCUT2D eigenvalue weighted by Gasteiger charge is 2.32. The number of nitrogens with zero attached hydrogens (tertiary/aromatic N) is 4. The lowest BCUT2D eigenvalue weighted by atomic mass is 9.93. The predicted octanol–water partition coefficient (Wildman–Crippen LogP) is 9.55. The van der Waals surface area contributed by atoms with Gasteiger partial charge in [-0.3, -0.25) is 4.57 Å². The van der Waals surface area contributed by atoms with Gasteiger partial charge in [-0.15, -0.1) is 0 Å². The SMILES string of the molecule is C1=C2C(c3cccc(-c4cccc5ccccc45)c3)=NC(n3c4ccccc4c4ccc5c(ccn5-c5ccccc5)c43)=NC2CO1. The fourth-order valence-electron chi connectivity index (χ4n) is 7.40. The van der Waals surface area contributed by atoms with E-state index in [0.29, 0.717) is 12.6 Å². The number of aliphatic imine (C=N–C) groups is 2. The standard InChI is InChI=1S/C42H28N4O/c1-2-14-30(15-3-1)45-23-22-35-38(45)21-20-34-33-17-6-7-19-39(33)46(41(34)35)42-43-37-26-47-25-36(37)40(44-42)29-13-8-12-28(24-29)32-18-9-11-27-10-4-5-16-31(27)32/h1-25,37H,26H2. The second kappa shape index (κ2) is 10.2. The van der Waals surface area contributed by atoms with E-state index in [2.05, 4.69) is 155 Å². The average molecular weight is 605 g/mol. The van der Waals surface area contributed by atoms with Gasteiger partial charge in [0.1, 0.15) is 12.6 Å². The Labute approximate surface area is 271 Å². The van der Waals surface area contributed by atoms with Crippen molar-refractivity contribution in [2.45, 2.75) is 6.04 Å². The maximum atomic E-state index is 5.92. The lowest BCUT2D eigenvalue weighted by molar-refractivity contribution is 0.270. The quantitative estimate of drug-likeness (QED) is 0.198. The van der Waals surface area contributed by atoms with Gasteiger partial charge in [0.15, 0.2) is 0 Å². The van der Waals surface area contributed by atoms with E-state index < -0.39 is 0 Å². The van der Waals surface area contributed by atoms with Crippen molar-refractivity contribution < 1.29 is 4.74 Å². The summed E-state index contributed by atoms with van der Waals surface area (Å²) < 4.78 is 10.4. The molecule has 0 saturated carbocycles. The molecular formula is C42H28N4O. The summed E-state index contributed by atoms with van der Waals surface area (Å²) in [6.07, 6.45) is 4.00. The molecule has 0 N–H and O–H groups in total. The summed E-state index contributed by atoms with van der Waals surface area (Å²) in [6.45, 7) is 0.498. The van der Waals surface area contributed by atoms with E-state index in [-0.39, 0.29) is 6.04 Å². The minimum atomic E-state index is -0.136. The highest BCUT2D eigenvalue weighted by Crippen LogP contribution is 2.37. The third kappa shape index (κ3) is 3.96. The largest absolute Gasteiger partial charge is 0.498 e. The Morgan fingerprint density at radius 3 is 2.34 bits per heavy atom. The molecule has 2 aliphatic heterocycles. The molecule has 2 aromatic heterocycles. The van der Waals surface area contributed by atoms with Crippen molar-refractivity contribution in [2.24, 2.45) is 9.98 Å². The fourth-order valence-corrected chi connectivity index (χ4v) is 7.40. The number of rotatable bonds is 3. The summed E-state index contributed by atoms with van der Waals surface area (Å²) in [6, 6.07) is 49.3. The van der Waals surface area contributed by atoms with Crippen molar-refractivity contribution >= 4 is 55.2 Å². The van der Waals surface area contributed by atoms with E-state index in [1.165, 1.54) is 27.1 Å². The van der Waals surface area contributed by atoms with Crippen LogP contribution in [0.25, 0.3) is 60.3 Å². The van der Waals surface area contributed by atoms with Gasteiger partial charge in [0.25, 0.3) is 0 Å². The molecule has 5 heteroatoms. The molecule has 0 spiro atoms. The van der Waals surface area contributed by atoms with Crippen molar-refractivity contribution in [2.75, 3.05) is 6.61 Å². The van der Waals surface area contributed by atoms with Crippen LogP contribution in [0.1, 0.15) is 5.56 Å². The van der Waals surface area contributed by atoms with Crippen molar-refractivity contribution in [1.82, 2.24) is 9.13 Å². The third-order valence-electron chi connectivity index (χ3n) is 9.55. The molecule has 222 valence electrons. The second-order valence-electron chi connectivity index (χ2n) is 12.2. The Kier molecular flexibility index (Phi) is 5.63. The van der Waals surface area contributed by atoms with Gasteiger partial charge < -0.3 is 9.30 Å². The summed E-state index contributed by atoms with van der Waals surface area (Å²) in [5, 5.41) is 5.98. The third-order valence-corrected chi connectivity index (χ3v) is 9.55. The smallest absolute Gasteiger partial charge is 0.231 e. The summed E-state index contributed by atoms with van der Waals surface area (Å²) in [7, 11) is 0. The molecule has 8 aromatic rings. The number of ether oxygens (including phenoxy) is 1. The Balaban J connectivity index is 1.19. The number of benzene rings is 6. The van der Waals surface area contributed by atoms with Crippen molar-refractivity contribution in [3.8, 4) is 16.8 Å². The summed E-state index contributed by atoms with van der Waals surface area (Å²) in [5.41, 5.74) is 9.79. The zero-order valence-electron chi connectivity index (χ0n) is 25.4. The zero-order valence-corrected chi connectivity index (χ0v) is 25.4. The molecule has 0 saturated heterocycles. The molecule has 6 aromatic carbocycles. The summed E-state index contributed by atoms with van der Waals surface area (Å²) in [4.78, 5) is 10.6. The second-order valence-corrected chi connectivity index (χ2v) is 12.2. The molecule has 10 rings (SSSR count). The van der Waals surface area contributed by atoms with Gasteiger partial charge in [-0.1, -0.05) is 103 Å². The van der Waals surface area contributed by atoms with E-state index in [4.69, 9.17) is 14.7 Å². The van der Waals surface area contributed by atoms with Gasteiger partial charge in [-0.2, -0.15) is 0 Å². The normalized spacial score (nSPS) is 15.9. The van der Waals surface area contributed by atoms with Gasteiger partial charge >= 0.3 is 0 Å². The van der Waals surface area contributed by atoms with E-state index in [1.54, 1.807) is 0 Å². The summed E-state index contributed by atoms with van der Waals surface area (Å²) in [5.74, 6) is 0.675. The van der Waals surface area contributed by atoms with Gasteiger partial charge in [0.2, 0.25) is 5.96 Å². The van der Waals surface area contributed by atoms with Crippen LogP contribution in [0.4, 0.5) is 0 Å². The van der Waals surface area contributed by atoms with Crippen LogP contribution in [0.5, 0.6) is 0 Å². The minimum absolute atomic E-state index is 0.136. The van der Waals surface area contributed by atoms with Crippen LogP contribution < -0.4 is 0 Å². The number of hydrogen-bond acceptors (Lipinski definition) is 3. The van der Waals surface area contributed by atoms with Crippen molar-refractivity contribution in [3.05, 3.63) is 163 Å².